The zero-order chi connectivity index (χ0) is 16.8. The number of nitrogens with zero attached hydrogens (tertiary/aromatic N) is 4. The van der Waals surface area contributed by atoms with Crippen molar-refractivity contribution in [3.8, 4) is 0 Å². The summed E-state index contributed by atoms with van der Waals surface area (Å²) in [5, 5.41) is 11.2. The Kier molecular flexibility index (Phi) is 8.34. The summed E-state index contributed by atoms with van der Waals surface area (Å²) in [6.07, 6.45) is 7.15. The number of aryl methyl sites for hydroxylation is 1. The summed E-state index contributed by atoms with van der Waals surface area (Å²) in [6.45, 7) is 4.19. The molecule has 142 valence electrons. The molecule has 1 saturated heterocycles. The molecule has 3 rings (SSSR count). The summed E-state index contributed by atoms with van der Waals surface area (Å²) < 4.78 is 1.89. The van der Waals surface area contributed by atoms with E-state index in [2.05, 4.69) is 37.4 Å². The van der Waals surface area contributed by atoms with Gasteiger partial charge in [-0.2, -0.15) is 16.9 Å². The lowest BCUT2D eigenvalue weighted by atomic mass is 9.94. The second kappa shape index (κ2) is 10.0. The molecule has 0 spiro atoms. The Morgan fingerprint density at radius 1 is 1.28 bits per heavy atom. The van der Waals surface area contributed by atoms with Crippen molar-refractivity contribution in [2.45, 2.75) is 37.8 Å². The zero-order valence-electron chi connectivity index (χ0n) is 15.3. The largest absolute Gasteiger partial charge is 0.355 e. The van der Waals surface area contributed by atoms with Gasteiger partial charge in [0.15, 0.2) is 5.96 Å². The second-order valence-corrected chi connectivity index (χ2v) is 7.98. The molecule has 1 aliphatic heterocycles. The highest BCUT2D eigenvalue weighted by atomic mass is 127. The van der Waals surface area contributed by atoms with Crippen molar-refractivity contribution in [3.63, 3.8) is 0 Å². The van der Waals surface area contributed by atoms with Gasteiger partial charge in [0.25, 0.3) is 0 Å². The fraction of sp³-hybridized carbons (Fsp3) is 0.765. The topological polar surface area (TPSA) is 57.5 Å². The van der Waals surface area contributed by atoms with E-state index in [0.29, 0.717) is 5.54 Å². The number of thioether (sulfide) groups is 1. The maximum absolute atomic E-state index is 4.40. The summed E-state index contributed by atoms with van der Waals surface area (Å²) in [4.78, 5) is 7.13. The van der Waals surface area contributed by atoms with Crippen molar-refractivity contribution in [2.75, 3.05) is 38.2 Å². The average molecular weight is 478 g/mol. The van der Waals surface area contributed by atoms with Crippen molar-refractivity contribution < 1.29 is 0 Å². The van der Waals surface area contributed by atoms with Crippen molar-refractivity contribution in [3.05, 3.63) is 18.0 Å². The van der Waals surface area contributed by atoms with Crippen LogP contribution in [0.25, 0.3) is 0 Å². The van der Waals surface area contributed by atoms with Gasteiger partial charge in [-0.15, -0.1) is 24.0 Å². The van der Waals surface area contributed by atoms with E-state index in [-0.39, 0.29) is 24.0 Å². The van der Waals surface area contributed by atoms with Gasteiger partial charge in [0.1, 0.15) is 0 Å². The molecule has 0 atom stereocenters. The molecule has 1 aliphatic carbocycles. The van der Waals surface area contributed by atoms with Crippen LogP contribution in [0.3, 0.4) is 0 Å². The number of guanidine groups is 1. The maximum atomic E-state index is 4.40. The zero-order valence-corrected chi connectivity index (χ0v) is 18.5. The van der Waals surface area contributed by atoms with Crippen LogP contribution in [-0.4, -0.2) is 64.4 Å². The van der Waals surface area contributed by atoms with E-state index in [1.165, 1.54) is 50.3 Å². The summed E-state index contributed by atoms with van der Waals surface area (Å²) in [6, 6.07) is 2.03. The predicted octanol–water partition coefficient (Wildman–Crippen LogP) is 2.06. The van der Waals surface area contributed by atoms with E-state index in [9.17, 15) is 0 Å². The Hall–Kier alpha value is -0.480. The first-order chi connectivity index (χ1) is 11.7. The molecule has 1 saturated carbocycles. The molecule has 25 heavy (non-hydrogen) atoms. The van der Waals surface area contributed by atoms with Crippen LogP contribution in [-0.2, 0) is 13.6 Å². The fourth-order valence-corrected chi connectivity index (χ4v) is 4.80. The summed E-state index contributed by atoms with van der Waals surface area (Å²) in [7, 11) is 3.81. The minimum atomic E-state index is 0. The molecule has 0 radical (unpaired) electrons. The van der Waals surface area contributed by atoms with Crippen LogP contribution in [0.1, 0.15) is 31.4 Å². The van der Waals surface area contributed by atoms with Crippen molar-refractivity contribution in [1.82, 2.24) is 25.3 Å². The Morgan fingerprint density at radius 3 is 2.60 bits per heavy atom. The fourth-order valence-electron chi connectivity index (χ4n) is 3.89. The maximum Gasteiger partial charge on any atom is 0.191 e. The second-order valence-electron chi connectivity index (χ2n) is 6.76. The Bertz CT molecular complexity index is 549. The molecule has 8 heteroatoms. The van der Waals surface area contributed by atoms with E-state index in [1.54, 1.807) is 0 Å². The highest BCUT2D eigenvalue weighted by molar-refractivity contribution is 14.0. The molecule has 0 bridgehead atoms. The standard InChI is InChI=1S/C17H30N6S.HI/c1-18-16(19-13-15-5-8-21-22(15)2)20-14-17(6-3-4-7-17)23-9-11-24-12-10-23;/h5,8H,3-4,6-7,9-14H2,1-2H3,(H2,18,19,20);1H. The first-order valence-corrected chi connectivity index (χ1v) is 10.1. The summed E-state index contributed by atoms with van der Waals surface area (Å²) >= 11 is 2.09. The number of hydrogen-bond donors (Lipinski definition) is 2. The molecular formula is C17H31IN6S. The molecule has 2 heterocycles. The molecule has 1 aromatic heterocycles. The summed E-state index contributed by atoms with van der Waals surface area (Å²) in [5.74, 6) is 3.43. The molecule has 2 aliphatic rings. The van der Waals surface area contributed by atoms with E-state index in [1.807, 2.05) is 31.0 Å². The Labute approximate surface area is 172 Å². The highest BCUT2D eigenvalue weighted by Crippen LogP contribution is 2.36. The van der Waals surface area contributed by atoms with E-state index >= 15 is 0 Å². The summed E-state index contributed by atoms with van der Waals surface area (Å²) in [5.41, 5.74) is 1.48. The molecular weight excluding hydrogens is 447 g/mol. The van der Waals surface area contributed by atoms with Crippen molar-refractivity contribution >= 4 is 41.7 Å². The monoisotopic (exact) mass is 478 g/mol. The predicted molar refractivity (Wildman–Crippen MR) is 117 cm³/mol. The third-order valence-corrected chi connectivity index (χ3v) is 6.33. The van der Waals surface area contributed by atoms with E-state index in [4.69, 9.17) is 0 Å². The lowest BCUT2D eigenvalue weighted by molar-refractivity contribution is 0.107. The van der Waals surface area contributed by atoms with Crippen LogP contribution >= 0.6 is 35.7 Å². The normalized spacial score (nSPS) is 21.0. The quantitative estimate of drug-likeness (QED) is 0.386. The van der Waals surface area contributed by atoms with Crippen LogP contribution in [0.15, 0.2) is 17.3 Å². The van der Waals surface area contributed by atoms with Crippen LogP contribution in [0.5, 0.6) is 0 Å². The third-order valence-electron chi connectivity index (χ3n) is 5.38. The van der Waals surface area contributed by atoms with Gasteiger partial charge in [-0.25, -0.2) is 0 Å². The molecule has 0 aromatic carbocycles. The van der Waals surface area contributed by atoms with Gasteiger partial charge in [-0.3, -0.25) is 14.6 Å². The average Bonchev–Trinajstić information content (AvgIpc) is 3.26. The van der Waals surface area contributed by atoms with Gasteiger partial charge < -0.3 is 10.6 Å². The van der Waals surface area contributed by atoms with Gasteiger partial charge in [0.2, 0.25) is 0 Å². The minimum Gasteiger partial charge on any atom is -0.355 e. The number of halogens is 1. The van der Waals surface area contributed by atoms with E-state index in [0.717, 1.165) is 24.7 Å². The number of hydrogen-bond acceptors (Lipinski definition) is 4. The SMILES string of the molecule is CN=C(NCc1ccnn1C)NCC1(N2CCSCC2)CCCC1.I. The first-order valence-electron chi connectivity index (χ1n) is 8.98. The number of rotatable bonds is 5. The van der Waals surface area contributed by atoms with Gasteiger partial charge in [0, 0.05) is 57.0 Å². The Balaban J connectivity index is 0.00000225. The van der Waals surface area contributed by atoms with Crippen LogP contribution in [0, 0.1) is 0 Å². The Morgan fingerprint density at radius 2 is 2.00 bits per heavy atom. The smallest absolute Gasteiger partial charge is 0.191 e. The third kappa shape index (κ3) is 5.26. The van der Waals surface area contributed by atoms with Crippen LogP contribution in [0.2, 0.25) is 0 Å². The number of nitrogens with one attached hydrogen (secondary N) is 2. The molecule has 6 nitrogen and oxygen atoms in total. The number of aromatic nitrogens is 2. The lowest BCUT2D eigenvalue weighted by Crippen LogP contribution is -2.57. The van der Waals surface area contributed by atoms with Crippen molar-refractivity contribution in [1.29, 1.82) is 0 Å². The molecule has 0 amide bonds. The number of aliphatic imine (C=N–C) groups is 1. The van der Waals surface area contributed by atoms with Gasteiger partial charge >= 0.3 is 0 Å². The highest BCUT2D eigenvalue weighted by Gasteiger charge is 2.39. The first kappa shape index (κ1) is 20.8. The minimum absolute atomic E-state index is 0. The molecule has 2 fully saturated rings. The van der Waals surface area contributed by atoms with Crippen LogP contribution < -0.4 is 10.6 Å². The van der Waals surface area contributed by atoms with Crippen LogP contribution in [0.4, 0.5) is 0 Å². The van der Waals surface area contributed by atoms with Crippen molar-refractivity contribution in [2.24, 2.45) is 12.0 Å². The van der Waals surface area contributed by atoms with Gasteiger partial charge in [0.05, 0.1) is 12.2 Å². The van der Waals surface area contributed by atoms with E-state index < -0.39 is 0 Å². The molecule has 2 N–H and O–H groups in total. The molecule has 1 aromatic rings. The van der Waals surface area contributed by atoms with Gasteiger partial charge in [-0.05, 0) is 18.9 Å². The van der Waals surface area contributed by atoms with Gasteiger partial charge in [-0.1, -0.05) is 12.8 Å². The lowest BCUT2D eigenvalue weighted by Gasteiger charge is -2.43. The molecule has 0 unspecified atom stereocenters.